The van der Waals surface area contributed by atoms with E-state index in [9.17, 15) is 10.1 Å². The van der Waals surface area contributed by atoms with Crippen LogP contribution in [0.2, 0.25) is 0 Å². The highest BCUT2D eigenvalue weighted by Crippen LogP contribution is 2.17. The molecule has 0 heterocycles. The van der Waals surface area contributed by atoms with E-state index in [4.69, 9.17) is 10.5 Å². The zero-order chi connectivity index (χ0) is 11.3. The van der Waals surface area contributed by atoms with Gasteiger partial charge in [-0.05, 0) is 18.6 Å². The number of hydrogen-bond acceptors (Lipinski definition) is 4. The predicted molar refractivity (Wildman–Crippen MR) is 64.1 cm³/mol. The normalized spacial score (nSPS) is 11.4. The van der Waals surface area contributed by atoms with Gasteiger partial charge in [-0.25, -0.2) is 0 Å². The van der Waals surface area contributed by atoms with E-state index in [0.717, 1.165) is 6.42 Å². The number of hydrogen-bond donors (Lipinski definition) is 1. The topological polar surface area (TPSA) is 78.4 Å². The number of non-ortho nitro benzene ring substituents is 1. The molecule has 1 unspecified atom stereocenters. The number of halogens is 1. The molecule has 0 saturated carbocycles. The van der Waals surface area contributed by atoms with Gasteiger partial charge in [-0.3, -0.25) is 10.1 Å². The summed E-state index contributed by atoms with van der Waals surface area (Å²) in [7, 11) is 0. The maximum Gasteiger partial charge on any atom is 0.269 e. The first-order chi connectivity index (χ1) is 7.13. The predicted octanol–water partition coefficient (Wildman–Crippen LogP) is 2.13. The number of ether oxygens (including phenoxy) is 1. The molecule has 0 saturated heterocycles. The van der Waals surface area contributed by atoms with Gasteiger partial charge in [0, 0.05) is 18.2 Å². The minimum absolute atomic E-state index is 0. The second-order valence-electron chi connectivity index (χ2n) is 3.23. The minimum Gasteiger partial charge on any atom is -0.492 e. The lowest BCUT2D eigenvalue weighted by atomic mass is 10.2. The highest BCUT2D eigenvalue weighted by molar-refractivity contribution is 5.85. The average molecular weight is 247 g/mol. The van der Waals surface area contributed by atoms with E-state index in [-0.39, 0.29) is 24.1 Å². The van der Waals surface area contributed by atoms with Crippen molar-refractivity contribution in [2.24, 2.45) is 5.73 Å². The second-order valence-corrected chi connectivity index (χ2v) is 3.23. The van der Waals surface area contributed by atoms with E-state index in [0.29, 0.717) is 12.4 Å². The van der Waals surface area contributed by atoms with Gasteiger partial charge in [0.1, 0.15) is 12.4 Å². The Morgan fingerprint density at radius 2 is 2.00 bits per heavy atom. The number of nitrogens with zero attached hydrogens (tertiary/aromatic N) is 1. The maximum absolute atomic E-state index is 10.4. The monoisotopic (exact) mass is 246 g/mol. The fourth-order valence-electron chi connectivity index (χ4n) is 0.985. The van der Waals surface area contributed by atoms with E-state index in [1.807, 2.05) is 6.92 Å². The summed E-state index contributed by atoms with van der Waals surface area (Å²) in [5, 5.41) is 10.4. The van der Waals surface area contributed by atoms with Gasteiger partial charge in [-0.1, -0.05) is 6.92 Å². The van der Waals surface area contributed by atoms with Gasteiger partial charge in [-0.15, -0.1) is 12.4 Å². The van der Waals surface area contributed by atoms with Gasteiger partial charge < -0.3 is 10.5 Å². The van der Waals surface area contributed by atoms with Crippen LogP contribution in [0.4, 0.5) is 5.69 Å². The third-order valence-corrected chi connectivity index (χ3v) is 2.04. The first-order valence-corrected chi connectivity index (χ1v) is 4.76. The van der Waals surface area contributed by atoms with Crippen LogP contribution in [0.25, 0.3) is 0 Å². The van der Waals surface area contributed by atoms with Crippen molar-refractivity contribution >= 4 is 18.1 Å². The fourth-order valence-corrected chi connectivity index (χ4v) is 0.985. The van der Waals surface area contributed by atoms with E-state index >= 15 is 0 Å². The molecule has 0 spiro atoms. The molecule has 16 heavy (non-hydrogen) atoms. The fraction of sp³-hybridized carbons (Fsp3) is 0.400. The molecular formula is C10H15ClN2O3. The number of rotatable bonds is 5. The van der Waals surface area contributed by atoms with Gasteiger partial charge in [0.15, 0.2) is 0 Å². The van der Waals surface area contributed by atoms with Crippen LogP contribution >= 0.6 is 12.4 Å². The molecule has 0 bridgehead atoms. The van der Waals surface area contributed by atoms with Crippen molar-refractivity contribution in [3.63, 3.8) is 0 Å². The molecule has 1 rings (SSSR count). The van der Waals surface area contributed by atoms with Crippen LogP contribution in [0, 0.1) is 10.1 Å². The smallest absolute Gasteiger partial charge is 0.269 e. The van der Waals surface area contributed by atoms with Crippen molar-refractivity contribution < 1.29 is 9.66 Å². The Morgan fingerprint density at radius 3 is 2.44 bits per heavy atom. The Bertz CT molecular complexity index is 329. The van der Waals surface area contributed by atoms with Gasteiger partial charge in [0.05, 0.1) is 4.92 Å². The quantitative estimate of drug-likeness (QED) is 0.638. The summed E-state index contributed by atoms with van der Waals surface area (Å²) >= 11 is 0. The van der Waals surface area contributed by atoms with Crippen LogP contribution in [0.15, 0.2) is 24.3 Å². The summed E-state index contributed by atoms with van der Waals surface area (Å²) < 4.78 is 5.35. The van der Waals surface area contributed by atoms with Gasteiger partial charge in [-0.2, -0.15) is 0 Å². The molecule has 1 aromatic carbocycles. The highest BCUT2D eigenvalue weighted by Gasteiger charge is 2.05. The summed E-state index contributed by atoms with van der Waals surface area (Å²) in [5.74, 6) is 0.601. The third-order valence-electron chi connectivity index (χ3n) is 2.04. The van der Waals surface area contributed by atoms with Crippen LogP contribution in [0.5, 0.6) is 5.75 Å². The van der Waals surface area contributed by atoms with Crippen LogP contribution in [0.3, 0.4) is 0 Å². The number of nitro groups is 1. The van der Waals surface area contributed by atoms with Crippen molar-refractivity contribution in [3.05, 3.63) is 34.4 Å². The first-order valence-electron chi connectivity index (χ1n) is 4.76. The number of nitrogens with two attached hydrogens (primary N) is 1. The maximum atomic E-state index is 10.4. The Kier molecular flexibility index (Phi) is 6.44. The molecule has 6 heteroatoms. The van der Waals surface area contributed by atoms with Crippen molar-refractivity contribution in [1.82, 2.24) is 0 Å². The molecule has 1 atom stereocenters. The molecule has 0 amide bonds. The summed E-state index contributed by atoms with van der Waals surface area (Å²) in [5.41, 5.74) is 5.72. The first kappa shape index (κ1) is 14.7. The molecule has 0 fully saturated rings. The molecule has 0 aliphatic carbocycles. The summed E-state index contributed by atoms with van der Waals surface area (Å²) in [6.45, 7) is 2.40. The zero-order valence-corrected chi connectivity index (χ0v) is 9.78. The van der Waals surface area contributed by atoms with Gasteiger partial charge in [0.2, 0.25) is 0 Å². The summed E-state index contributed by atoms with van der Waals surface area (Å²) in [6.07, 6.45) is 0.840. The van der Waals surface area contributed by atoms with E-state index < -0.39 is 4.92 Å². The van der Waals surface area contributed by atoms with Crippen LogP contribution in [0.1, 0.15) is 13.3 Å². The average Bonchev–Trinajstić information content (AvgIpc) is 2.26. The molecule has 0 aromatic heterocycles. The van der Waals surface area contributed by atoms with Gasteiger partial charge >= 0.3 is 0 Å². The van der Waals surface area contributed by atoms with Gasteiger partial charge in [0.25, 0.3) is 5.69 Å². The SMILES string of the molecule is CCC(N)COc1ccc([N+](=O)[O-])cc1.Cl. The van der Waals surface area contributed by atoms with E-state index in [2.05, 4.69) is 0 Å². The molecule has 1 aromatic rings. The van der Waals surface area contributed by atoms with E-state index in [1.165, 1.54) is 12.1 Å². The van der Waals surface area contributed by atoms with Crippen LogP contribution < -0.4 is 10.5 Å². The Labute approximate surface area is 100 Å². The molecule has 5 nitrogen and oxygen atoms in total. The van der Waals surface area contributed by atoms with Crippen LogP contribution in [-0.2, 0) is 0 Å². The summed E-state index contributed by atoms with van der Waals surface area (Å²) in [4.78, 5) is 9.93. The zero-order valence-electron chi connectivity index (χ0n) is 8.96. The lowest BCUT2D eigenvalue weighted by Gasteiger charge is -2.10. The Balaban J connectivity index is 0.00000225. The highest BCUT2D eigenvalue weighted by atomic mass is 35.5. The largest absolute Gasteiger partial charge is 0.492 e. The minimum atomic E-state index is -0.443. The molecule has 90 valence electrons. The lowest BCUT2D eigenvalue weighted by molar-refractivity contribution is -0.384. The lowest BCUT2D eigenvalue weighted by Crippen LogP contribution is -2.26. The Morgan fingerprint density at radius 1 is 1.44 bits per heavy atom. The molecule has 2 N–H and O–H groups in total. The van der Waals surface area contributed by atoms with Crippen LogP contribution in [-0.4, -0.2) is 17.6 Å². The van der Waals surface area contributed by atoms with Crippen molar-refractivity contribution in [2.45, 2.75) is 19.4 Å². The Hall–Kier alpha value is -1.33. The van der Waals surface area contributed by atoms with E-state index in [1.54, 1.807) is 12.1 Å². The molecule has 0 aliphatic rings. The number of benzene rings is 1. The summed E-state index contributed by atoms with van der Waals surface area (Å²) in [6, 6.07) is 5.96. The standard InChI is InChI=1S/C10H14N2O3.ClH/c1-2-8(11)7-15-10-5-3-9(4-6-10)12(13)14;/h3-6,8H,2,7,11H2,1H3;1H. The second kappa shape index (κ2) is 7.03. The van der Waals surface area contributed by atoms with Crippen molar-refractivity contribution in [3.8, 4) is 5.75 Å². The number of nitro benzene ring substituents is 1. The molecule has 0 aliphatic heterocycles. The van der Waals surface area contributed by atoms with Crippen molar-refractivity contribution in [2.75, 3.05) is 6.61 Å². The third kappa shape index (κ3) is 4.46. The van der Waals surface area contributed by atoms with Crippen molar-refractivity contribution in [1.29, 1.82) is 0 Å². The molecular weight excluding hydrogens is 232 g/mol. The molecule has 0 radical (unpaired) electrons.